The van der Waals surface area contributed by atoms with Crippen molar-refractivity contribution in [2.45, 2.75) is 57.5 Å². The van der Waals surface area contributed by atoms with Crippen molar-refractivity contribution in [3.63, 3.8) is 0 Å². The van der Waals surface area contributed by atoms with E-state index in [0.29, 0.717) is 32.0 Å². The average molecular weight is 343 g/mol. The molecule has 2 amide bonds. The van der Waals surface area contributed by atoms with Gasteiger partial charge in [-0.05, 0) is 37.0 Å². The van der Waals surface area contributed by atoms with Gasteiger partial charge in [0.05, 0.1) is 5.92 Å². The number of nitrogens with zero attached hydrogens (tertiary/aromatic N) is 1. The summed E-state index contributed by atoms with van der Waals surface area (Å²) in [5.74, 6) is -0.0282. The number of rotatable bonds is 5. The van der Waals surface area contributed by atoms with Crippen molar-refractivity contribution in [1.29, 1.82) is 0 Å². The lowest BCUT2D eigenvalue weighted by Gasteiger charge is -2.33. The van der Waals surface area contributed by atoms with Crippen LogP contribution < -0.4 is 15.5 Å². The van der Waals surface area contributed by atoms with Crippen molar-refractivity contribution in [3.05, 3.63) is 29.8 Å². The fourth-order valence-corrected chi connectivity index (χ4v) is 3.82. The van der Waals surface area contributed by atoms with Crippen LogP contribution >= 0.6 is 0 Å². The van der Waals surface area contributed by atoms with E-state index in [4.69, 9.17) is 0 Å². The quantitative estimate of drug-likeness (QED) is 0.864. The van der Waals surface area contributed by atoms with Gasteiger partial charge in [0.2, 0.25) is 11.8 Å². The first kappa shape index (κ1) is 17.8. The largest absolute Gasteiger partial charge is 0.372 e. The molecule has 1 aromatic rings. The second-order valence-corrected chi connectivity index (χ2v) is 7.33. The molecule has 1 aliphatic heterocycles. The summed E-state index contributed by atoms with van der Waals surface area (Å²) in [4.78, 5) is 25.7. The van der Waals surface area contributed by atoms with Crippen molar-refractivity contribution in [1.82, 2.24) is 10.6 Å². The molecule has 0 spiro atoms. The maximum absolute atomic E-state index is 12.2. The van der Waals surface area contributed by atoms with Crippen molar-refractivity contribution >= 4 is 17.5 Å². The molecule has 1 aliphatic carbocycles. The lowest BCUT2D eigenvalue weighted by Crippen LogP contribution is -2.42. The summed E-state index contributed by atoms with van der Waals surface area (Å²) in [6.07, 6.45) is 7.69. The molecular weight excluding hydrogens is 314 g/mol. The van der Waals surface area contributed by atoms with Gasteiger partial charge in [0.25, 0.3) is 0 Å². The smallest absolute Gasteiger partial charge is 0.225 e. The third-order valence-electron chi connectivity index (χ3n) is 5.57. The van der Waals surface area contributed by atoms with Crippen LogP contribution in [0.5, 0.6) is 0 Å². The summed E-state index contributed by atoms with van der Waals surface area (Å²) in [7, 11) is 2.18. The van der Waals surface area contributed by atoms with Gasteiger partial charge < -0.3 is 15.5 Å². The van der Waals surface area contributed by atoms with E-state index in [1.807, 2.05) is 0 Å². The molecule has 1 saturated carbocycles. The molecule has 0 bridgehead atoms. The van der Waals surface area contributed by atoms with Crippen LogP contribution in [0.4, 0.5) is 5.69 Å². The number of nitrogens with one attached hydrogen (secondary N) is 2. The number of amides is 2. The van der Waals surface area contributed by atoms with E-state index in [1.165, 1.54) is 37.8 Å². The number of anilines is 1. The fraction of sp³-hybridized carbons (Fsp3) is 0.600. The monoisotopic (exact) mass is 343 g/mol. The molecule has 1 heterocycles. The first-order valence-electron chi connectivity index (χ1n) is 9.49. The SMILES string of the molecule is CN(c1ccc(CNC(=O)C2CCC(=O)NC2)cc1)C1CCCCC1. The molecule has 3 rings (SSSR count). The lowest BCUT2D eigenvalue weighted by molar-refractivity contribution is -0.129. The van der Waals surface area contributed by atoms with Crippen molar-refractivity contribution in [2.75, 3.05) is 18.5 Å². The van der Waals surface area contributed by atoms with Gasteiger partial charge in [-0.15, -0.1) is 0 Å². The zero-order valence-corrected chi connectivity index (χ0v) is 15.1. The summed E-state index contributed by atoms with van der Waals surface area (Å²) in [6.45, 7) is 0.993. The van der Waals surface area contributed by atoms with Crippen LogP contribution in [0.1, 0.15) is 50.5 Å². The predicted molar refractivity (Wildman–Crippen MR) is 99.3 cm³/mol. The van der Waals surface area contributed by atoms with Crippen LogP contribution in [0.2, 0.25) is 0 Å². The second-order valence-electron chi connectivity index (χ2n) is 7.33. The van der Waals surface area contributed by atoms with Crippen LogP contribution in [0, 0.1) is 5.92 Å². The van der Waals surface area contributed by atoms with Crippen LogP contribution in [-0.2, 0) is 16.1 Å². The summed E-state index contributed by atoms with van der Waals surface area (Å²) in [6, 6.07) is 9.14. The van der Waals surface area contributed by atoms with E-state index < -0.39 is 0 Å². The molecule has 1 unspecified atom stereocenters. The van der Waals surface area contributed by atoms with Crippen molar-refractivity contribution in [3.8, 4) is 0 Å². The Labute approximate surface area is 150 Å². The normalized spacial score (nSPS) is 21.5. The minimum absolute atomic E-state index is 0.0309. The number of hydrogen-bond donors (Lipinski definition) is 2. The highest BCUT2D eigenvalue weighted by molar-refractivity contribution is 5.83. The molecule has 2 aliphatic rings. The minimum Gasteiger partial charge on any atom is -0.372 e. The Hall–Kier alpha value is -2.04. The molecule has 2 fully saturated rings. The Kier molecular flexibility index (Phi) is 5.95. The zero-order valence-electron chi connectivity index (χ0n) is 15.1. The fourth-order valence-electron chi connectivity index (χ4n) is 3.82. The Bertz CT molecular complexity index is 583. The van der Waals surface area contributed by atoms with Gasteiger partial charge in [-0.25, -0.2) is 0 Å². The number of carbonyl (C=O) groups excluding carboxylic acids is 2. The average Bonchev–Trinajstić information content (AvgIpc) is 2.67. The molecule has 1 saturated heterocycles. The van der Waals surface area contributed by atoms with Crippen LogP contribution in [0.15, 0.2) is 24.3 Å². The Morgan fingerprint density at radius 3 is 2.52 bits per heavy atom. The van der Waals surface area contributed by atoms with Gasteiger partial charge in [0, 0.05) is 38.3 Å². The number of piperidine rings is 1. The predicted octanol–water partition coefficient (Wildman–Crippen LogP) is 2.60. The Balaban J connectivity index is 1.48. The molecule has 2 N–H and O–H groups in total. The van der Waals surface area contributed by atoms with Crippen molar-refractivity contribution in [2.24, 2.45) is 5.92 Å². The molecule has 136 valence electrons. The highest BCUT2D eigenvalue weighted by Crippen LogP contribution is 2.26. The first-order chi connectivity index (χ1) is 12.1. The van der Waals surface area contributed by atoms with Gasteiger partial charge in [0.1, 0.15) is 0 Å². The summed E-state index contributed by atoms with van der Waals surface area (Å²) < 4.78 is 0. The van der Waals surface area contributed by atoms with Gasteiger partial charge in [-0.1, -0.05) is 31.4 Å². The summed E-state index contributed by atoms with van der Waals surface area (Å²) in [5.41, 5.74) is 2.35. The van der Waals surface area contributed by atoms with Crippen LogP contribution in [0.3, 0.4) is 0 Å². The van der Waals surface area contributed by atoms with Gasteiger partial charge in [0.15, 0.2) is 0 Å². The third kappa shape index (κ3) is 4.74. The molecule has 5 heteroatoms. The molecule has 1 atom stereocenters. The minimum atomic E-state index is -0.102. The van der Waals surface area contributed by atoms with Gasteiger partial charge >= 0.3 is 0 Å². The van der Waals surface area contributed by atoms with E-state index in [1.54, 1.807) is 0 Å². The molecule has 0 aromatic heterocycles. The molecule has 25 heavy (non-hydrogen) atoms. The van der Waals surface area contributed by atoms with E-state index in [2.05, 4.69) is 46.8 Å². The number of benzene rings is 1. The molecule has 1 aromatic carbocycles. The van der Waals surface area contributed by atoms with Crippen LogP contribution in [-0.4, -0.2) is 31.4 Å². The first-order valence-corrected chi connectivity index (χ1v) is 9.49. The highest BCUT2D eigenvalue weighted by Gasteiger charge is 2.24. The standard InChI is InChI=1S/C20H29N3O2/c1-23(17-5-3-2-4-6-17)18-10-7-15(8-11-18)13-22-20(25)16-9-12-19(24)21-14-16/h7-8,10-11,16-17H,2-6,9,12-14H2,1H3,(H,21,24)(H,22,25). The topological polar surface area (TPSA) is 61.4 Å². The third-order valence-corrected chi connectivity index (χ3v) is 5.57. The van der Waals surface area contributed by atoms with Crippen LogP contribution in [0.25, 0.3) is 0 Å². The molecule has 0 radical (unpaired) electrons. The molecular formula is C20H29N3O2. The van der Waals surface area contributed by atoms with E-state index >= 15 is 0 Å². The highest BCUT2D eigenvalue weighted by atomic mass is 16.2. The zero-order chi connectivity index (χ0) is 17.6. The van der Waals surface area contributed by atoms with Gasteiger partial charge in [-0.3, -0.25) is 9.59 Å². The maximum Gasteiger partial charge on any atom is 0.225 e. The summed E-state index contributed by atoms with van der Waals surface area (Å²) in [5, 5.41) is 5.75. The lowest BCUT2D eigenvalue weighted by atomic mass is 9.94. The van der Waals surface area contributed by atoms with E-state index in [9.17, 15) is 9.59 Å². The number of carbonyl (C=O) groups is 2. The number of hydrogen-bond acceptors (Lipinski definition) is 3. The van der Waals surface area contributed by atoms with E-state index in [0.717, 1.165) is 5.56 Å². The Morgan fingerprint density at radius 1 is 1.16 bits per heavy atom. The summed E-state index contributed by atoms with van der Waals surface area (Å²) >= 11 is 0. The second kappa shape index (κ2) is 8.37. The van der Waals surface area contributed by atoms with Gasteiger partial charge in [-0.2, -0.15) is 0 Å². The maximum atomic E-state index is 12.2. The molecule has 5 nitrogen and oxygen atoms in total. The Morgan fingerprint density at radius 2 is 1.88 bits per heavy atom. The van der Waals surface area contributed by atoms with Crippen molar-refractivity contribution < 1.29 is 9.59 Å². The van der Waals surface area contributed by atoms with E-state index in [-0.39, 0.29) is 17.7 Å².